The lowest BCUT2D eigenvalue weighted by Crippen LogP contribution is -2.32. The first-order chi connectivity index (χ1) is 10.8. The maximum atomic E-state index is 12.5. The van der Waals surface area contributed by atoms with Gasteiger partial charge in [0, 0.05) is 25.5 Å². The van der Waals surface area contributed by atoms with Gasteiger partial charge in [0.15, 0.2) is 0 Å². The van der Waals surface area contributed by atoms with E-state index in [2.05, 4.69) is 17.1 Å². The van der Waals surface area contributed by atoms with E-state index in [4.69, 9.17) is 4.74 Å². The summed E-state index contributed by atoms with van der Waals surface area (Å²) in [5, 5.41) is 0. The molecule has 0 saturated heterocycles. The van der Waals surface area contributed by atoms with Gasteiger partial charge in [-0.05, 0) is 47.7 Å². The van der Waals surface area contributed by atoms with Gasteiger partial charge in [-0.2, -0.15) is 0 Å². The molecule has 1 aromatic heterocycles. The average Bonchev–Trinajstić information content (AvgIpc) is 2.77. The quantitative estimate of drug-likeness (QED) is 0.874. The van der Waals surface area contributed by atoms with Gasteiger partial charge < -0.3 is 9.64 Å². The number of carbonyl (C=O) groups is 1. The smallest absolute Gasteiger partial charge is 0.227 e. The number of methoxy groups -OCH3 is 1. The monoisotopic (exact) mass is 296 g/mol. The van der Waals surface area contributed by atoms with Crippen molar-refractivity contribution in [1.29, 1.82) is 0 Å². The molecular weight excluding hydrogens is 276 g/mol. The number of fused-ring (bicyclic) bond motifs is 1. The predicted molar refractivity (Wildman–Crippen MR) is 84.7 cm³/mol. The summed E-state index contributed by atoms with van der Waals surface area (Å²) in [6, 6.07) is 9.94. The number of aryl methyl sites for hydroxylation is 1. The molecule has 0 aliphatic carbocycles. The summed E-state index contributed by atoms with van der Waals surface area (Å²) < 4.78 is 5.29. The zero-order valence-corrected chi connectivity index (χ0v) is 12.8. The van der Waals surface area contributed by atoms with Crippen LogP contribution >= 0.6 is 0 Å². The first kappa shape index (κ1) is 14.6. The Labute approximate surface area is 130 Å². The molecule has 0 atom stereocenters. The Bertz CT molecular complexity index is 655. The van der Waals surface area contributed by atoms with E-state index in [-0.39, 0.29) is 5.91 Å². The standard InChI is InChI=1S/C18H20N2O2/c1-22-17-7-6-16-13-20(9-3-5-15(16)11-17)18(21)10-14-4-2-8-19-12-14/h2,4,6-8,11-12H,3,5,9-10,13H2,1H3. The third-order valence-corrected chi connectivity index (χ3v) is 4.08. The van der Waals surface area contributed by atoms with Crippen LogP contribution in [0.25, 0.3) is 0 Å². The summed E-state index contributed by atoms with van der Waals surface area (Å²) >= 11 is 0. The van der Waals surface area contributed by atoms with Gasteiger partial charge in [0.2, 0.25) is 5.91 Å². The number of hydrogen-bond donors (Lipinski definition) is 0. The van der Waals surface area contributed by atoms with Crippen LogP contribution in [-0.2, 0) is 24.2 Å². The van der Waals surface area contributed by atoms with E-state index in [0.29, 0.717) is 13.0 Å². The lowest BCUT2D eigenvalue weighted by molar-refractivity contribution is -0.131. The summed E-state index contributed by atoms with van der Waals surface area (Å²) in [6.45, 7) is 1.48. The third kappa shape index (κ3) is 3.27. The molecule has 0 bridgehead atoms. The summed E-state index contributed by atoms with van der Waals surface area (Å²) in [5.41, 5.74) is 3.47. The van der Waals surface area contributed by atoms with Crippen molar-refractivity contribution in [3.8, 4) is 5.75 Å². The van der Waals surface area contributed by atoms with Crippen LogP contribution in [-0.4, -0.2) is 29.4 Å². The van der Waals surface area contributed by atoms with Gasteiger partial charge in [0.1, 0.15) is 5.75 Å². The van der Waals surface area contributed by atoms with E-state index in [9.17, 15) is 4.79 Å². The van der Waals surface area contributed by atoms with E-state index in [1.807, 2.05) is 23.1 Å². The summed E-state index contributed by atoms with van der Waals surface area (Å²) in [6.07, 6.45) is 5.87. The minimum absolute atomic E-state index is 0.164. The molecule has 0 unspecified atom stereocenters. The van der Waals surface area contributed by atoms with Gasteiger partial charge >= 0.3 is 0 Å². The number of ether oxygens (including phenoxy) is 1. The summed E-state index contributed by atoms with van der Waals surface area (Å²) in [4.78, 5) is 18.5. The molecular formula is C18H20N2O2. The Kier molecular flexibility index (Phi) is 4.37. The highest BCUT2D eigenvalue weighted by atomic mass is 16.5. The topological polar surface area (TPSA) is 42.4 Å². The number of rotatable bonds is 3. The van der Waals surface area contributed by atoms with E-state index < -0.39 is 0 Å². The van der Waals surface area contributed by atoms with Gasteiger partial charge in [0.25, 0.3) is 0 Å². The number of aromatic nitrogens is 1. The van der Waals surface area contributed by atoms with Crippen molar-refractivity contribution in [2.45, 2.75) is 25.8 Å². The van der Waals surface area contributed by atoms with Crippen molar-refractivity contribution in [2.24, 2.45) is 0 Å². The lowest BCUT2D eigenvalue weighted by atomic mass is 10.0. The molecule has 0 fully saturated rings. The highest BCUT2D eigenvalue weighted by molar-refractivity contribution is 5.78. The van der Waals surface area contributed by atoms with E-state index in [0.717, 1.165) is 30.7 Å². The van der Waals surface area contributed by atoms with E-state index >= 15 is 0 Å². The van der Waals surface area contributed by atoms with Crippen LogP contribution in [0.2, 0.25) is 0 Å². The lowest BCUT2D eigenvalue weighted by Gasteiger charge is -2.21. The fourth-order valence-corrected chi connectivity index (χ4v) is 2.86. The van der Waals surface area contributed by atoms with Crippen molar-refractivity contribution in [1.82, 2.24) is 9.88 Å². The van der Waals surface area contributed by atoms with Gasteiger partial charge in [-0.3, -0.25) is 9.78 Å². The number of nitrogens with zero attached hydrogens (tertiary/aromatic N) is 2. The minimum Gasteiger partial charge on any atom is -0.497 e. The van der Waals surface area contributed by atoms with Crippen LogP contribution in [0.5, 0.6) is 5.75 Å². The van der Waals surface area contributed by atoms with Gasteiger partial charge in [0.05, 0.1) is 13.5 Å². The molecule has 4 nitrogen and oxygen atoms in total. The molecule has 0 saturated carbocycles. The van der Waals surface area contributed by atoms with Crippen LogP contribution < -0.4 is 4.74 Å². The zero-order valence-electron chi connectivity index (χ0n) is 12.8. The number of amides is 1. The van der Waals surface area contributed by atoms with Crippen LogP contribution in [0.4, 0.5) is 0 Å². The fraction of sp³-hybridized carbons (Fsp3) is 0.333. The highest BCUT2D eigenvalue weighted by Crippen LogP contribution is 2.23. The molecule has 0 spiro atoms. The SMILES string of the molecule is COc1ccc2c(c1)CCCN(C(=O)Cc1cccnc1)C2. The Hall–Kier alpha value is -2.36. The Morgan fingerprint density at radius 2 is 2.23 bits per heavy atom. The number of benzene rings is 1. The van der Waals surface area contributed by atoms with Crippen molar-refractivity contribution in [3.05, 3.63) is 59.4 Å². The summed E-state index contributed by atoms with van der Waals surface area (Å²) in [5.74, 6) is 1.05. The van der Waals surface area contributed by atoms with E-state index in [1.165, 1.54) is 11.1 Å². The molecule has 1 aliphatic rings. The van der Waals surface area contributed by atoms with Crippen molar-refractivity contribution in [3.63, 3.8) is 0 Å². The molecule has 22 heavy (non-hydrogen) atoms. The summed E-state index contributed by atoms with van der Waals surface area (Å²) in [7, 11) is 1.68. The fourth-order valence-electron chi connectivity index (χ4n) is 2.86. The van der Waals surface area contributed by atoms with Crippen molar-refractivity contribution in [2.75, 3.05) is 13.7 Å². The van der Waals surface area contributed by atoms with Crippen molar-refractivity contribution >= 4 is 5.91 Å². The van der Waals surface area contributed by atoms with Crippen LogP contribution in [0.15, 0.2) is 42.7 Å². The molecule has 1 amide bonds. The molecule has 1 aliphatic heterocycles. The van der Waals surface area contributed by atoms with Crippen LogP contribution in [0.1, 0.15) is 23.1 Å². The van der Waals surface area contributed by atoms with Gasteiger partial charge in [-0.1, -0.05) is 12.1 Å². The predicted octanol–water partition coefficient (Wildman–Crippen LogP) is 2.61. The first-order valence-electron chi connectivity index (χ1n) is 7.59. The molecule has 0 radical (unpaired) electrons. The second kappa shape index (κ2) is 6.60. The first-order valence-corrected chi connectivity index (χ1v) is 7.59. The van der Waals surface area contributed by atoms with Gasteiger partial charge in [-0.25, -0.2) is 0 Å². The Morgan fingerprint density at radius 3 is 3.00 bits per heavy atom. The van der Waals surface area contributed by atoms with Crippen LogP contribution in [0.3, 0.4) is 0 Å². The normalized spacial score (nSPS) is 14.1. The molecule has 4 heteroatoms. The molecule has 2 heterocycles. The molecule has 0 N–H and O–H groups in total. The highest BCUT2D eigenvalue weighted by Gasteiger charge is 2.19. The Balaban J connectivity index is 1.73. The van der Waals surface area contributed by atoms with Crippen LogP contribution in [0, 0.1) is 0 Å². The Morgan fingerprint density at radius 1 is 1.32 bits per heavy atom. The van der Waals surface area contributed by atoms with E-state index in [1.54, 1.807) is 19.5 Å². The largest absolute Gasteiger partial charge is 0.497 e. The number of pyridine rings is 1. The number of hydrogen-bond acceptors (Lipinski definition) is 3. The van der Waals surface area contributed by atoms with Gasteiger partial charge in [-0.15, -0.1) is 0 Å². The minimum atomic E-state index is 0.164. The second-order valence-electron chi connectivity index (χ2n) is 5.59. The molecule has 1 aromatic carbocycles. The molecule has 3 rings (SSSR count). The average molecular weight is 296 g/mol. The van der Waals surface area contributed by atoms with Crippen molar-refractivity contribution < 1.29 is 9.53 Å². The molecule has 2 aromatic rings. The molecule has 114 valence electrons. The maximum Gasteiger partial charge on any atom is 0.227 e. The maximum absolute atomic E-state index is 12.5. The second-order valence-corrected chi connectivity index (χ2v) is 5.59. The number of carbonyl (C=O) groups excluding carboxylic acids is 1. The third-order valence-electron chi connectivity index (χ3n) is 4.08. The zero-order chi connectivity index (χ0) is 15.4.